The van der Waals surface area contributed by atoms with Crippen molar-refractivity contribution in [2.24, 2.45) is 0 Å². The summed E-state index contributed by atoms with van der Waals surface area (Å²) < 4.78 is 29.0. The molecule has 1 rings (SSSR count). The average Bonchev–Trinajstić information content (AvgIpc) is 2.29. The molecule has 0 fully saturated rings. The van der Waals surface area contributed by atoms with Crippen LogP contribution in [0.2, 0.25) is 0 Å². The number of alkyl halides is 2. The fraction of sp³-hybridized carbons (Fsp3) is 0.500. The van der Waals surface area contributed by atoms with Crippen molar-refractivity contribution in [2.45, 2.75) is 26.3 Å². The minimum atomic E-state index is -2.72. The molecule has 0 unspecified atom stereocenters. The van der Waals surface area contributed by atoms with E-state index in [1.807, 2.05) is 6.92 Å². The normalized spacial score (nSPS) is 10.6. The number of carbonyl (C=O) groups is 1. The van der Waals surface area contributed by atoms with E-state index < -0.39 is 19.0 Å². The third kappa shape index (κ3) is 3.93. The zero-order valence-electron chi connectivity index (χ0n) is 9.23. The number of ether oxygens (including phenoxy) is 1. The summed E-state index contributed by atoms with van der Waals surface area (Å²) in [5.41, 5.74) is -0.504. The maximum Gasteiger partial charge on any atom is 0.358 e. The van der Waals surface area contributed by atoms with Gasteiger partial charge in [-0.1, -0.05) is 6.92 Å². The van der Waals surface area contributed by atoms with Gasteiger partial charge in [-0.25, -0.2) is 18.3 Å². The standard InChI is InChI=1S/C10H12F2N2O3/c1-2-5-14-9(15)4-3-7(13-14)10(16)17-6-8(11)12/h3-4,8H,2,5-6H2,1H3. The Bertz CT molecular complexity index is 445. The number of rotatable bonds is 5. The van der Waals surface area contributed by atoms with Crippen LogP contribution in [0, 0.1) is 0 Å². The van der Waals surface area contributed by atoms with Crippen molar-refractivity contribution < 1.29 is 18.3 Å². The summed E-state index contributed by atoms with van der Waals surface area (Å²) in [6, 6.07) is 2.31. The first-order chi connectivity index (χ1) is 8.04. The Morgan fingerprint density at radius 1 is 1.53 bits per heavy atom. The van der Waals surface area contributed by atoms with Gasteiger partial charge in [0.05, 0.1) is 0 Å². The number of aryl methyl sites for hydroxylation is 1. The molecule has 0 saturated heterocycles. The van der Waals surface area contributed by atoms with E-state index in [9.17, 15) is 18.4 Å². The Kier molecular flexibility index (Phi) is 4.74. The average molecular weight is 246 g/mol. The van der Waals surface area contributed by atoms with Crippen LogP contribution >= 0.6 is 0 Å². The lowest BCUT2D eigenvalue weighted by molar-refractivity contribution is 0.0152. The Labute approximate surface area is 96.0 Å². The first-order valence-electron chi connectivity index (χ1n) is 5.08. The van der Waals surface area contributed by atoms with Gasteiger partial charge in [0.2, 0.25) is 0 Å². The maximum atomic E-state index is 11.8. The summed E-state index contributed by atoms with van der Waals surface area (Å²) >= 11 is 0. The molecule has 17 heavy (non-hydrogen) atoms. The van der Waals surface area contributed by atoms with Gasteiger partial charge in [-0.05, 0) is 12.5 Å². The third-order valence-corrected chi connectivity index (χ3v) is 1.85. The Morgan fingerprint density at radius 3 is 2.82 bits per heavy atom. The zero-order chi connectivity index (χ0) is 12.8. The second kappa shape index (κ2) is 6.07. The summed E-state index contributed by atoms with van der Waals surface area (Å²) in [6.45, 7) is 1.22. The van der Waals surface area contributed by atoms with Gasteiger partial charge in [-0.3, -0.25) is 4.79 Å². The molecule has 1 heterocycles. The molecular weight excluding hydrogens is 234 g/mol. The van der Waals surface area contributed by atoms with E-state index in [1.54, 1.807) is 0 Å². The number of esters is 1. The van der Waals surface area contributed by atoms with E-state index in [0.717, 1.165) is 16.8 Å². The van der Waals surface area contributed by atoms with Crippen molar-refractivity contribution in [3.8, 4) is 0 Å². The van der Waals surface area contributed by atoms with E-state index in [2.05, 4.69) is 9.84 Å². The minimum Gasteiger partial charge on any atom is -0.455 e. The molecule has 0 aromatic carbocycles. The zero-order valence-corrected chi connectivity index (χ0v) is 9.23. The van der Waals surface area contributed by atoms with Crippen LogP contribution in [0.3, 0.4) is 0 Å². The van der Waals surface area contributed by atoms with Gasteiger partial charge < -0.3 is 4.74 Å². The van der Waals surface area contributed by atoms with Crippen molar-refractivity contribution in [3.05, 3.63) is 28.2 Å². The second-order valence-electron chi connectivity index (χ2n) is 3.27. The molecule has 5 nitrogen and oxygen atoms in total. The lowest BCUT2D eigenvalue weighted by Crippen LogP contribution is -2.25. The topological polar surface area (TPSA) is 61.2 Å². The van der Waals surface area contributed by atoms with Crippen LogP contribution < -0.4 is 5.56 Å². The summed E-state index contributed by atoms with van der Waals surface area (Å²) in [4.78, 5) is 22.6. The minimum absolute atomic E-state index is 0.154. The Morgan fingerprint density at radius 2 is 2.24 bits per heavy atom. The van der Waals surface area contributed by atoms with Crippen LogP contribution in [-0.4, -0.2) is 28.8 Å². The summed E-state index contributed by atoms with van der Waals surface area (Å²) in [5, 5.41) is 3.72. The summed E-state index contributed by atoms with van der Waals surface area (Å²) in [5.74, 6) is -0.963. The van der Waals surface area contributed by atoms with Crippen molar-refractivity contribution in [2.75, 3.05) is 6.61 Å². The SMILES string of the molecule is CCCn1nc(C(=O)OCC(F)F)ccc1=O. The van der Waals surface area contributed by atoms with Crippen LogP contribution in [0.4, 0.5) is 8.78 Å². The number of aromatic nitrogens is 2. The van der Waals surface area contributed by atoms with Crippen molar-refractivity contribution in [1.82, 2.24) is 9.78 Å². The van der Waals surface area contributed by atoms with Gasteiger partial charge in [0.15, 0.2) is 12.3 Å². The molecule has 7 heteroatoms. The molecule has 1 aromatic heterocycles. The molecule has 0 aliphatic rings. The monoisotopic (exact) mass is 246 g/mol. The highest BCUT2D eigenvalue weighted by Gasteiger charge is 2.13. The fourth-order valence-electron chi connectivity index (χ4n) is 1.14. The number of carbonyl (C=O) groups excluding carboxylic acids is 1. The van der Waals surface area contributed by atoms with Crippen LogP contribution in [0.5, 0.6) is 0 Å². The lowest BCUT2D eigenvalue weighted by atomic mass is 10.4. The van der Waals surface area contributed by atoms with Crippen LogP contribution in [0.1, 0.15) is 23.8 Å². The molecule has 0 spiro atoms. The number of hydrogen-bond acceptors (Lipinski definition) is 4. The maximum absolute atomic E-state index is 11.8. The van der Waals surface area contributed by atoms with Crippen molar-refractivity contribution >= 4 is 5.97 Å². The van der Waals surface area contributed by atoms with Gasteiger partial charge in [0, 0.05) is 12.6 Å². The quantitative estimate of drug-likeness (QED) is 0.729. The highest BCUT2D eigenvalue weighted by molar-refractivity contribution is 5.86. The first kappa shape index (κ1) is 13.3. The highest BCUT2D eigenvalue weighted by Crippen LogP contribution is 1.99. The van der Waals surface area contributed by atoms with Gasteiger partial charge in [0.1, 0.15) is 0 Å². The molecule has 0 N–H and O–H groups in total. The lowest BCUT2D eigenvalue weighted by Gasteiger charge is -2.05. The predicted molar refractivity (Wildman–Crippen MR) is 55.1 cm³/mol. The van der Waals surface area contributed by atoms with Gasteiger partial charge in [-0.15, -0.1) is 0 Å². The number of halogens is 2. The van der Waals surface area contributed by atoms with E-state index in [0.29, 0.717) is 13.0 Å². The van der Waals surface area contributed by atoms with Crippen LogP contribution in [0.15, 0.2) is 16.9 Å². The fourth-order valence-corrected chi connectivity index (χ4v) is 1.14. The number of nitrogens with zero attached hydrogens (tertiary/aromatic N) is 2. The molecular formula is C10H12F2N2O3. The van der Waals surface area contributed by atoms with E-state index in [1.165, 1.54) is 0 Å². The Hall–Kier alpha value is -1.79. The van der Waals surface area contributed by atoms with E-state index in [4.69, 9.17) is 0 Å². The predicted octanol–water partition coefficient (Wildman–Crippen LogP) is 1.08. The number of hydrogen-bond donors (Lipinski definition) is 0. The molecule has 94 valence electrons. The van der Waals surface area contributed by atoms with Crippen LogP contribution in [0.25, 0.3) is 0 Å². The summed E-state index contributed by atoms with van der Waals surface area (Å²) in [7, 11) is 0. The summed E-state index contributed by atoms with van der Waals surface area (Å²) in [6.07, 6.45) is -2.05. The second-order valence-corrected chi connectivity index (χ2v) is 3.27. The van der Waals surface area contributed by atoms with E-state index in [-0.39, 0.29) is 11.3 Å². The molecule has 0 bridgehead atoms. The first-order valence-corrected chi connectivity index (χ1v) is 5.08. The molecule has 1 aromatic rings. The van der Waals surface area contributed by atoms with Gasteiger partial charge >= 0.3 is 5.97 Å². The largest absolute Gasteiger partial charge is 0.455 e. The molecule has 0 saturated carbocycles. The smallest absolute Gasteiger partial charge is 0.358 e. The van der Waals surface area contributed by atoms with Crippen LogP contribution in [-0.2, 0) is 11.3 Å². The van der Waals surface area contributed by atoms with Gasteiger partial charge in [0.25, 0.3) is 12.0 Å². The highest BCUT2D eigenvalue weighted by atomic mass is 19.3. The molecule has 0 aliphatic heterocycles. The van der Waals surface area contributed by atoms with Crippen molar-refractivity contribution in [1.29, 1.82) is 0 Å². The molecule has 0 atom stereocenters. The molecule has 0 radical (unpaired) electrons. The van der Waals surface area contributed by atoms with Crippen molar-refractivity contribution in [3.63, 3.8) is 0 Å². The molecule has 0 amide bonds. The Balaban J connectivity index is 2.80. The third-order valence-electron chi connectivity index (χ3n) is 1.85. The molecule has 0 aliphatic carbocycles. The van der Waals surface area contributed by atoms with Gasteiger partial charge in [-0.2, -0.15) is 5.10 Å². The van der Waals surface area contributed by atoms with E-state index >= 15 is 0 Å².